The van der Waals surface area contributed by atoms with Crippen LogP contribution in [0.4, 0.5) is 11.6 Å². The smallest absolute Gasteiger partial charge is 0.266 e. The minimum Gasteiger partial charge on any atom is -0.495 e. The van der Waals surface area contributed by atoms with Crippen molar-refractivity contribution >= 4 is 21.7 Å². The summed E-state index contributed by atoms with van der Waals surface area (Å²) in [5.74, 6) is 0.901. The quantitative estimate of drug-likeness (QED) is 0.629. The summed E-state index contributed by atoms with van der Waals surface area (Å²) in [7, 11) is -2.44. The van der Waals surface area contributed by atoms with E-state index in [0.29, 0.717) is 12.4 Å². The van der Waals surface area contributed by atoms with Crippen molar-refractivity contribution in [1.82, 2.24) is 15.2 Å². The molecule has 1 aromatic carbocycles. The predicted molar refractivity (Wildman–Crippen MR) is 107 cm³/mol. The van der Waals surface area contributed by atoms with Gasteiger partial charge in [0.15, 0.2) is 5.82 Å². The van der Waals surface area contributed by atoms with E-state index in [0.717, 1.165) is 16.8 Å². The van der Waals surface area contributed by atoms with Crippen LogP contribution in [0.15, 0.2) is 53.6 Å². The van der Waals surface area contributed by atoms with Gasteiger partial charge in [-0.2, -0.15) is 0 Å². The number of nitrogens with zero attached hydrogens (tertiary/aromatic N) is 3. The molecular weight excluding hydrogens is 378 g/mol. The van der Waals surface area contributed by atoms with E-state index in [2.05, 4.69) is 25.2 Å². The van der Waals surface area contributed by atoms with E-state index in [4.69, 9.17) is 4.74 Å². The van der Waals surface area contributed by atoms with Gasteiger partial charge in [-0.1, -0.05) is 6.07 Å². The van der Waals surface area contributed by atoms with E-state index in [-0.39, 0.29) is 16.5 Å². The lowest BCUT2D eigenvalue weighted by molar-refractivity contribution is 0.402. The fraction of sp³-hybridized carbons (Fsp3) is 0.211. The third kappa shape index (κ3) is 4.55. The minimum atomic E-state index is -3.87. The molecule has 0 aliphatic carbocycles. The number of anilines is 2. The van der Waals surface area contributed by atoms with Gasteiger partial charge in [-0.15, -0.1) is 10.2 Å². The van der Waals surface area contributed by atoms with Gasteiger partial charge in [0.05, 0.1) is 19.3 Å². The van der Waals surface area contributed by atoms with Crippen molar-refractivity contribution in [2.75, 3.05) is 17.1 Å². The van der Waals surface area contributed by atoms with Crippen LogP contribution in [0.2, 0.25) is 0 Å². The Morgan fingerprint density at radius 1 is 1.00 bits per heavy atom. The van der Waals surface area contributed by atoms with Crippen molar-refractivity contribution in [1.29, 1.82) is 0 Å². The number of methoxy groups -OCH3 is 1. The second-order valence-electron chi connectivity index (χ2n) is 6.17. The van der Waals surface area contributed by atoms with Gasteiger partial charge < -0.3 is 10.1 Å². The van der Waals surface area contributed by atoms with Gasteiger partial charge in [-0.3, -0.25) is 9.71 Å². The molecule has 0 aliphatic rings. The number of rotatable bonds is 7. The molecule has 2 N–H and O–H groups in total. The van der Waals surface area contributed by atoms with Crippen LogP contribution >= 0.6 is 0 Å². The molecule has 8 nitrogen and oxygen atoms in total. The van der Waals surface area contributed by atoms with Gasteiger partial charge >= 0.3 is 0 Å². The number of benzene rings is 1. The Morgan fingerprint density at radius 3 is 2.36 bits per heavy atom. The number of ether oxygens (including phenoxy) is 1. The van der Waals surface area contributed by atoms with Crippen molar-refractivity contribution < 1.29 is 13.2 Å². The molecule has 0 unspecified atom stereocenters. The number of pyridine rings is 1. The van der Waals surface area contributed by atoms with Gasteiger partial charge in [0.1, 0.15) is 16.5 Å². The Labute approximate surface area is 164 Å². The van der Waals surface area contributed by atoms with Crippen LogP contribution in [0.1, 0.15) is 16.8 Å². The maximum absolute atomic E-state index is 12.8. The van der Waals surface area contributed by atoms with Gasteiger partial charge in [0.25, 0.3) is 10.0 Å². The van der Waals surface area contributed by atoms with E-state index >= 15 is 0 Å². The first-order chi connectivity index (χ1) is 13.4. The Kier molecular flexibility index (Phi) is 5.74. The highest BCUT2D eigenvalue weighted by atomic mass is 32.2. The van der Waals surface area contributed by atoms with Crippen LogP contribution in [-0.4, -0.2) is 30.7 Å². The summed E-state index contributed by atoms with van der Waals surface area (Å²) in [6.07, 6.45) is 1.71. The molecule has 0 amide bonds. The molecule has 28 heavy (non-hydrogen) atoms. The number of nitrogens with one attached hydrogen (secondary N) is 2. The summed E-state index contributed by atoms with van der Waals surface area (Å²) in [5, 5.41) is 11.0. The number of sulfonamides is 1. The number of hydrogen-bond donors (Lipinski definition) is 2. The van der Waals surface area contributed by atoms with E-state index in [9.17, 15) is 8.42 Å². The van der Waals surface area contributed by atoms with Crippen molar-refractivity contribution in [2.24, 2.45) is 0 Å². The molecule has 2 aromatic heterocycles. The van der Waals surface area contributed by atoms with E-state index in [1.54, 1.807) is 30.5 Å². The molecule has 0 radical (unpaired) electrons. The topological polar surface area (TPSA) is 106 Å². The zero-order valence-electron chi connectivity index (χ0n) is 15.8. The third-order valence-corrected chi connectivity index (χ3v) is 5.53. The number of hydrogen-bond acceptors (Lipinski definition) is 7. The maximum atomic E-state index is 12.8. The average molecular weight is 399 g/mol. The second kappa shape index (κ2) is 8.22. The molecule has 0 spiro atoms. The van der Waals surface area contributed by atoms with E-state index < -0.39 is 10.0 Å². The van der Waals surface area contributed by atoms with Crippen LogP contribution in [0.5, 0.6) is 5.75 Å². The lowest BCUT2D eigenvalue weighted by Gasteiger charge is -2.13. The van der Waals surface area contributed by atoms with Gasteiger partial charge in [-0.05, 0) is 61.4 Å². The predicted octanol–water partition coefficient (Wildman–Crippen LogP) is 2.91. The van der Waals surface area contributed by atoms with Crippen molar-refractivity contribution in [2.45, 2.75) is 25.3 Å². The molecule has 0 saturated carbocycles. The Bertz CT molecular complexity index is 1050. The fourth-order valence-electron chi connectivity index (χ4n) is 2.49. The Hall–Kier alpha value is -3.20. The molecule has 3 rings (SSSR count). The zero-order chi connectivity index (χ0) is 20.1. The van der Waals surface area contributed by atoms with E-state index in [1.807, 2.05) is 32.0 Å². The number of aryl methyl sites for hydroxylation is 2. The molecule has 2 heterocycles. The molecule has 0 aliphatic heterocycles. The third-order valence-electron chi connectivity index (χ3n) is 4.15. The summed E-state index contributed by atoms with van der Waals surface area (Å²) in [5.41, 5.74) is 2.65. The SMILES string of the molecule is COc1cc(C)c(C)cc1S(=O)(=O)Nc1ccc(NCc2ccccn2)nn1. The van der Waals surface area contributed by atoms with Gasteiger partial charge in [0, 0.05) is 6.20 Å². The monoisotopic (exact) mass is 399 g/mol. The summed E-state index contributed by atoms with van der Waals surface area (Å²) >= 11 is 0. The normalized spacial score (nSPS) is 11.1. The first kappa shape index (κ1) is 19.6. The zero-order valence-corrected chi connectivity index (χ0v) is 16.6. The molecular formula is C19H21N5O3S. The van der Waals surface area contributed by atoms with Crippen molar-refractivity contribution in [3.05, 3.63) is 65.5 Å². The molecule has 146 valence electrons. The Morgan fingerprint density at radius 2 is 1.71 bits per heavy atom. The summed E-state index contributed by atoms with van der Waals surface area (Å²) in [4.78, 5) is 4.26. The molecule has 0 bridgehead atoms. The largest absolute Gasteiger partial charge is 0.495 e. The Balaban J connectivity index is 1.73. The first-order valence-electron chi connectivity index (χ1n) is 8.54. The lowest BCUT2D eigenvalue weighted by Crippen LogP contribution is -2.16. The summed E-state index contributed by atoms with van der Waals surface area (Å²) in [6, 6.07) is 12.1. The van der Waals surface area contributed by atoms with Gasteiger partial charge in [0.2, 0.25) is 0 Å². The highest BCUT2D eigenvalue weighted by Crippen LogP contribution is 2.28. The highest BCUT2D eigenvalue weighted by molar-refractivity contribution is 7.92. The maximum Gasteiger partial charge on any atom is 0.266 e. The van der Waals surface area contributed by atoms with Crippen LogP contribution in [0.3, 0.4) is 0 Å². The first-order valence-corrected chi connectivity index (χ1v) is 10.0. The van der Waals surface area contributed by atoms with Crippen LogP contribution < -0.4 is 14.8 Å². The molecule has 0 atom stereocenters. The standard InChI is InChI=1S/C19H21N5O3S/c1-13-10-16(27-3)17(11-14(13)2)28(25,26)24-19-8-7-18(22-23-19)21-12-15-6-4-5-9-20-15/h4-11H,12H2,1-3H3,(H,21,22)(H,23,24). The summed E-state index contributed by atoms with van der Waals surface area (Å²) in [6.45, 7) is 4.22. The van der Waals surface area contributed by atoms with Gasteiger partial charge in [-0.25, -0.2) is 8.42 Å². The van der Waals surface area contributed by atoms with E-state index in [1.165, 1.54) is 7.11 Å². The van der Waals surface area contributed by atoms with Crippen molar-refractivity contribution in [3.8, 4) is 5.75 Å². The van der Waals surface area contributed by atoms with Crippen LogP contribution in [0.25, 0.3) is 0 Å². The number of aromatic nitrogens is 3. The molecule has 0 saturated heterocycles. The lowest BCUT2D eigenvalue weighted by atomic mass is 10.1. The van der Waals surface area contributed by atoms with Crippen molar-refractivity contribution in [3.63, 3.8) is 0 Å². The fourth-order valence-corrected chi connectivity index (χ4v) is 3.72. The van der Waals surface area contributed by atoms with Crippen LogP contribution in [-0.2, 0) is 16.6 Å². The highest BCUT2D eigenvalue weighted by Gasteiger charge is 2.21. The van der Waals surface area contributed by atoms with Crippen LogP contribution in [0, 0.1) is 13.8 Å². The average Bonchev–Trinajstić information content (AvgIpc) is 2.69. The summed E-state index contributed by atoms with van der Waals surface area (Å²) < 4.78 is 33.2. The molecule has 0 fully saturated rings. The second-order valence-corrected chi connectivity index (χ2v) is 7.82. The molecule has 9 heteroatoms. The minimum absolute atomic E-state index is 0.0530. The molecule has 3 aromatic rings.